The van der Waals surface area contributed by atoms with Gasteiger partial charge in [-0.05, 0) is 37.8 Å². The first-order valence-electron chi connectivity index (χ1n) is 6.87. The zero-order valence-corrected chi connectivity index (χ0v) is 11.1. The number of hydrogen-bond donors (Lipinski definition) is 0. The largest absolute Gasteiger partial charge is 0.365 e. The highest BCUT2D eigenvalue weighted by Crippen LogP contribution is 2.63. The van der Waals surface area contributed by atoms with Gasteiger partial charge in [0.05, 0.1) is 5.54 Å². The van der Waals surface area contributed by atoms with E-state index in [2.05, 4.69) is 49.2 Å². The van der Waals surface area contributed by atoms with Crippen LogP contribution in [0.15, 0.2) is 35.9 Å². The lowest BCUT2D eigenvalue weighted by atomic mass is 9.73. The molecule has 0 bridgehead atoms. The van der Waals surface area contributed by atoms with Gasteiger partial charge in [0, 0.05) is 24.9 Å². The van der Waals surface area contributed by atoms with Gasteiger partial charge < -0.3 is 9.64 Å². The molecule has 2 unspecified atom stereocenters. The number of nitrogens with zero attached hydrogens (tertiary/aromatic N) is 1. The molecule has 1 aromatic rings. The highest BCUT2D eigenvalue weighted by molar-refractivity contribution is 5.70. The van der Waals surface area contributed by atoms with Crippen molar-refractivity contribution in [1.82, 2.24) is 0 Å². The first-order chi connectivity index (χ1) is 8.72. The fourth-order valence-corrected chi connectivity index (χ4v) is 4.47. The Balaban J connectivity index is 2.05. The van der Waals surface area contributed by atoms with E-state index in [4.69, 9.17) is 4.74 Å². The van der Waals surface area contributed by atoms with Crippen LogP contribution < -0.4 is 4.90 Å². The maximum Gasteiger partial charge on any atom is 0.139 e. The Bertz CT molecular complexity index is 550. The lowest BCUT2D eigenvalue weighted by Gasteiger charge is -2.49. The van der Waals surface area contributed by atoms with Crippen LogP contribution in [0.25, 0.3) is 0 Å². The second-order valence-corrected chi connectivity index (χ2v) is 5.83. The van der Waals surface area contributed by atoms with E-state index in [1.165, 1.54) is 29.7 Å². The molecule has 94 valence electrons. The summed E-state index contributed by atoms with van der Waals surface area (Å²) in [7, 11) is 2.24. The number of para-hydroxylation sites is 1. The number of fused-ring (bicyclic) bond motifs is 1. The van der Waals surface area contributed by atoms with Gasteiger partial charge >= 0.3 is 0 Å². The molecule has 0 saturated carbocycles. The third-order valence-corrected chi connectivity index (χ3v) is 5.30. The van der Waals surface area contributed by atoms with Gasteiger partial charge in [-0.2, -0.15) is 0 Å². The van der Waals surface area contributed by atoms with Gasteiger partial charge in [-0.15, -0.1) is 0 Å². The Kier molecular flexibility index (Phi) is 1.88. The van der Waals surface area contributed by atoms with Gasteiger partial charge in [0.15, 0.2) is 0 Å². The van der Waals surface area contributed by atoms with E-state index in [1.54, 1.807) is 0 Å². The number of hydrogen-bond acceptors (Lipinski definition) is 2. The van der Waals surface area contributed by atoms with Crippen molar-refractivity contribution in [3.8, 4) is 0 Å². The minimum absolute atomic E-state index is 0.138. The Labute approximate surface area is 108 Å². The van der Waals surface area contributed by atoms with Crippen molar-refractivity contribution in [2.45, 2.75) is 37.3 Å². The molecule has 2 heterocycles. The normalized spacial score (nSPS) is 37.0. The summed E-state index contributed by atoms with van der Waals surface area (Å²) in [6.45, 7) is 3.12. The van der Waals surface area contributed by atoms with Crippen LogP contribution in [-0.2, 0) is 10.3 Å². The van der Waals surface area contributed by atoms with Crippen molar-refractivity contribution >= 4 is 5.69 Å². The molecule has 2 aliphatic heterocycles. The van der Waals surface area contributed by atoms with Crippen LogP contribution in [0.5, 0.6) is 0 Å². The number of rotatable bonds is 0. The summed E-state index contributed by atoms with van der Waals surface area (Å²) in [6, 6.07) is 8.76. The van der Waals surface area contributed by atoms with Crippen LogP contribution in [-0.4, -0.2) is 19.2 Å². The summed E-state index contributed by atoms with van der Waals surface area (Å²) in [6.07, 6.45) is 5.90. The summed E-state index contributed by atoms with van der Waals surface area (Å²) in [5.74, 6) is 0. The third kappa shape index (κ3) is 0.892. The van der Waals surface area contributed by atoms with E-state index in [0.717, 1.165) is 13.0 Å². The molecule has 1 aromatic carbocycles. The molecule has 1 fully saturated rings. The Morgan fingerprint density at radius 3 is 3.00 bits per heavy atom. The van der Waals surface area contributed by atoms with Crippen LogP contribution in [0, 0.1) is 0 Å². The van der Waals surface area contributed by atoms with Crippen LogP contribution in [0.3, 0.4) is 0 Å². The van der Waals surface area contributed by atoms with E-state index in [1.807, 2.05) is 0 Å². The zero-order chi connectivity index (χ0) is 12.4. The van der Waals surface area contributed by atoms with Crippen LogP contribution in [0.2, 0.25) is 0 Å². The minimum atomic E-state index is -0.170. The second kappa shape index (κ2) is 3.18. The van der Waals surface area contributed by atoms with Crippen molar-refractivity contribution in [2.75, 3.05) is 18.6 Å². The van der Waals surface area contributed by atoms with Crippen LogP contribution in [0.4, 0.5) is 5.69 Å². The second-order valence-electron chi connectivity index (χ2n) is 5.83. The number of ether oxygens (including phenoxy) is 1. The van der Waals surface area contributed by atoms with Gasteiger partial charge in [-0.1, -0.05) is 24.3 Å². The van der Waals surface area contributed by atoms with E-state index in [0.29, 0.717) is 0 Å². The lowest BCUT2D eigenvalue weighted by molar-refractivity contribution is -0.0950. The highest BCUT2D eigenvalue weighted by Gasteiger charge is 2.65. The van der Waals surface area contributed by atoms with E-state index >= 15 is 0 Å². The van der Waals surface area contributed by atoms with Crippen molar-refractivity contribution in [1.29, 1.82) is 0 Å². The molecule has 2 atom stereocenters. The fourth-order valence-electron chi connectivity index (χ4n) is 4.47. The fraction of sp³-hybridized carbons (Fsp3) is 0.500. The first kappa shape index (κ1) is 10.6. The van der Waals surface area contributed by atoms with Crippen molar-refractivity contribution in [2.24, 2.45) is 0 Å². The maximum atomic E-state index is 6.40. The number of likely N-dealkylation sites (N-methyl/N-ethyl adjacent to an activating group) is 1. The topological polar surface area (TPSA) is 12.5 Å². The van der Waals surface area contributed by atoms with Gasteiger partial charge in [-0.25, -0.2) is 0 Å². The molecule has 0 amide bonds. The zero-order valence-electron chi connectivity index (χ0n) is 11.1. The van der Waals surface area contributed by atoms with Gasteiger partial charge in [0.25, 0.3) is 0 Å². The van der Waals surface area contributed by atoms with Gasteiger partial charge in [0.2, 0.25) is 0 Å². The molecule has 3 aliphatic rings. The molecule has 4 rings (SSSR count). The number of anilines is 1. The molecular weight excluding hydrogens is 222 g/mol. The molecule has 0 radical (unpaired) electrons. The van der Waals surface area contributed by atoms with Gasteiger partial charge in [-0.3, -0.25) is 0 Å². The summed E-state index contributed by atoms with van der Waals surface area (Å²) in [4.78, 5) is 2.48. The predicted octanol–water partition coefficient (Wildman–Crippen LogP) is 3.23. The SMILES string of the molecule is CC1=CCC23CCCOC12c1ccccc1N3C. The molecule has 18 heavy (non-hydrogen) atoms. The van der Waals surface area contributed by atoms with Crippen LogP contribution in [0.1, 0.15) is 31.7 Å². The van der Waals surface area contributed by atoms with Crippen molar-refractivity contribution in [3.63, 3.8) is 0 Å². The molecule has 1 saturated heterocycles. The Hall–Kier alpha value is -1.28. The molecule has 0 spiro atoms. The molecule has 2 heteroatoms. The van der Waals surface area contributed by atoms with E-state index in [-0.39, 0.29) is 11.1 Å². The Morgan fingerprint density at radius 2 is 2.11 bits per heavy atom. The Morgan fingerprint density at radius 1 is 1.28 bits per heavy atom. The molecular formula is C16H19NO. The standard InChI is InChI=1S/C16H19NO/c1-12-8-10-15-9-5-11-18-16(12,15)13-6-3-4-7-14(13)17(15)2/h3-4,6-8H,5,9-11H2,1-2H3. The summed E-state index contributed by atoms with van der Waals surface area (Å²) in [5, 5.41) is 0. The maximum absolute atomic E-state index is 6.40. The first-order valence-corrected chi connectivity index (χ1v) is 6.87. The molecule has 0 N–H and O–H groups in total. The average molecular weight is 241 g/mol. The lowest BCUT2D eigenvalue weighted by Crippen LogP contribution is -2.58. The van der Waals surface area contributed by atoms with Gasteiger partial charge in [0.1, 0.15) is 5.60 Å². The third-order valence-electron chi connectivity index (χ3n) is 5.30. The quantitative estimate of drug-likeness (QED) is 0.647. The van der Waals surface area contributed by atoms with Crippen LogP contribution >= 0.6 is 0 Å². The minimum Gasteiger partial charge on any atom is -0.365 e. The van der Waals surface area contributed by atoms with E-state index < -0.39 is 0 Å². The summed E-state index contributed by atoms with van der Waals surface area (Å²) >= 11 is 0. The predicted molar refractivity (Wildman–Crippen MR) is 72.8 cm³/mol. The molecule has 1 aliphatic carbocycles. The monoisotopic (exact) mass is 241 g/mol. The summed E-state index contributed by atoms with van der Waals surface area (Å²) in [5.41, 5.74) is 4.10. The van der Waals surface area contributed by atoms with Crippen molar-refractivity contribution < 1.29 is 4.74 Å². The molecule has 2 nitrogen and oxygen atoms in total. The van der Waals surface area contributed by atoms with Crippen molar-refractivity contribution in [3.05, 3.63) is 41.5 Å². The highest BCUT2D eigenvalue weighted by atomic mass is 16.5. The average Bonchev–Trinajstić information content (AvgIpc) is 2.85. The number of benzene rings is 1. The molecule has 0 aromatic heterocycles. The smallest absolute Gasteiger partial charge is 0.139 e. The summed E-state index contributed by atoms with van der Waals surface area (Å²) < 4.78 is 6.40. The van der Waals surface area contributed by atoms with E-state index in [9.17, 15) is 0 Å².